The Morgan fingerprint density at radius 2 is 0.957 bits per heavy atom. The molecule has 0 aromatic heterocycles. The molecule has 10 nitrogen and oxygen atoms in total. The molecule has 0 radical (unpaired) electrons. The minimum Gasteiger partial charge on any atom is -0.393 e. The van der Waals surface area contributed by atoms with Crippen LogP contribution in [0.25, 0.3) is 0 Å². The second kappa shape index (κ2) is 9.61. The molecule has 0 rings (SSSR count). The molecule has 134 valence electrons. The van der Waals surface area contributed by atoms with E-state index in [2.05, 4.69) is 13.6 Å². The molecule has 0 aliphatic rings. The van der Waals surface area contributed by atoms with Crippen molar-refractivity contribution in [2.24, 2.45) is 0 Å². The first-order valence-corrected chi connectivity index (χ1v) is 8.21. The maximum Gasteiger partial charge on any atom is 0.653 e. The minimum atomic E-state index is -4.94. The van der Waals surface area contributed by atoms with E-state index < -0.39 is 63.3 Å². The second-order valence-corrected chi connectivity index (χ2v) is 6.44. The molecule has 0 saturated heterocycles. The first-order valence-electron chi connectivity index (χ1n) is 6.75. The highest BCUT2D eigenvalue weighted by molar-refractivity contribution is 7.50. The van der Waals surface area contributed by atoms with E-state index in [4.69, 9.17) is 15.3 Å². The highest BCUT2D eigenvalue weighted by Crippen LogP contribution is 2.50. The predicted octanol–water partition coefficient (Wildman–Crippen LogP) is 0.0368. The number of rotatable bonds is 9. The first-order chi connectivity index (χ1) is 10.4. The van der Waals surface area contributed by atoms with E-state index in [1.54, 1.807) is 0 Å². The summed E-state index contributed by atoms with van der Waals surface area (Å²) < 4.78 is 25.3. The molecular formula is C12H21O10P. The zero-order valence-corrected chi connectivity index (χ0v) is 13.9. The summed E-state index contributed by atoms with van der Waals surface area (Å²) in [5.41, 5.74) is 0. The lowest BCUT2D eigenvalue weighted by molar-refractivity contribution is -0.146. The molecule has 0 aliphatic carbocycles. The fourth-order valence-electron chi connectivity index (χ4n) is 1.27. The zero-order valence-electron chi connectivity index (χ0n) is 13.0. The van der Waals surface area contributed by atoms with Gasteiger partial charge < -0.3 is 28.9 Å². The van der Waals surface area contributed by atoms with Crippen molar-refractivity contribution in [1.82, 2.24) is 0 Å². The van der Waals surface area contributed by atoms with Crippen LogP contribution in [0.2, 0.25) is 0 Å². The van der Waals surface area contributed by atoms with E-state index in [9.17, 15) is 18.9 Å². The number of aliphatic hydroxyl groups is 3. The lowest BCUT2D eigenvalue weighted by atomic mass is 10.3. The lowest BCUT2D eigenvalue weighted by Gasteiger charge is -2.17. The molecule has 0 aromatic carbocycles. The normalized spacial score (nSPS) is 15.2. The van der Waals surface area contributed by atoms with Gasteiger partial charge in [-0.05, 0) is 20.8 Å². The van der Waals surface area contributed by atoms with E-state index in [0.717, 1.165) is 0 Å². The van der Waals surface area contributed by atoms with Crippen LogP contribution in [0, 0.1) is 0 Å². The van der Waals surface area contributed by atoms with E-state index in [-0.39, 0.29) is 0 Å². The number of phosphoric ester groups is 1. The lowest BCUT2D eigenvalue weighted by Crippen LogP contribution is -2.19. The maximum atomic E-state index is 12.2. The molecule has 0 aliphatic heterocycles. The molecule has 0 spiro atoms. The Labute approximate surface area is 133 Å². The average molecular weight is 356 g/mol. The van der Waals surface area contributed by atoms with Crippen LogP contribution in [0.5, 0.6) is 0 Å². The van der Waals surface area contributed by atoms with E-state index in [1.165, 1.54) is 20.8 Å². The zero-order chi connectivity index (χ0) is 18.2. The third kappa shape index (κ3) is 10.8. The van der Waals surface area contributed by atoms with Crippen molar-refractivity contribution >= 4 is 25.7 Å². The van der Waals surface area contributed by atoms with Crippen molar-refractivity contribution in [3.8, 4) is 0 Å². The van der Waals surface area contributed by atoms with Crippen LogP contribution >= 0.6 is 7.82 Å². The smallest absolute Gasteiger partial charge is 0.393 e. The van der Waals surface area contributed by atoms with Crippen molar-refractivity contribution in [1.29, 1.82) is 0 Å². The van der Waals surface area contributed by atoms with Crippen molar-refractivity contribution in [3.05, 3.63) is 0 Å². The highest BCUT2D eigenvalue weighted by atomic mass is 31.2. The Kier molecular flexibility index (Phi) is 8.99. The summed E-state index contributed by atoms with van der Waals surface area (Å²) in [5, 5.41) is 27.1. The summed E-state index contributed by atoms with van der Waals surface area (Å²) in [5.74, 6) is -3.67. The molecule has 11 heteroatoms. The Hall–Kier alpha value is -1.48. The van der Waals surface area contributed by atoms with Gasteiger partial charge in [0.15, 0.2) is 0 Å². The fourth-order valence-corrected chi connectivity index (χ4v) is 2.35. The van der Waals surface area contributed by atoms with Gasteiger partial charge in [0.1, 0.15) is 0 Å². The number of hydrogen-bond acceptors (Lipinski definition) is 10. The standard InChI is InChI=1S/C12H21O10P/c1-7(13)4-10(16)20-23(19,21-11(17)5-8(2)14)22-12(18)6-9(3)15/h7-9,13-15H,4-6H2,1-3H3/t7-,8-,9-/m0/s1. The third-order valence-electron chi connectivity index (χ3n) is 2.03. The van der Waals surface area contributed by atoms with Crippen LogP contribution < -0.4 is 0 Å². The number of carbonyl (C=O) groups excluding carboxylic acids is 3. The van der Waals surface area contributed by atoms with E-state index in [1.807, 2.05) is 0 Å². The summed E-state index contributed by atoms with van der Waals surface area (Å²) in [7, 11) is -4.94. The van der Waals surface area contributed by atoms with Gasteiger partial charge >= 0.3 is 25.7 Å². The molecule has 3 atom stereocenters. The van der Waals surface area contributed by atoms with Gasteiger partial charge in [-0.3, -0.25) is 14.4 Å². The molecule has 0 heterocycles. The number of aliphatic hydroxyl groups excluding tert-OH is 3. The fraction of sp³-hybridized carbons (Fsp3) is 0.750. The Balaban J connectivity index is 5.03. The van der Waals surface area contributed by atoms with Crippen LogP contribution in [0.3, 0.4) is 0 Å². The number of carbonyl (C=O) groups is 3. The summed E-state index contributed by atoms with van der Waals surface area (Å²) in [6.07, 6.45) is -5.12. The van der Waals surface area contributed by atoms with E-state index in [0.29, 0.717) is 0 Å². The molecule has 0 aromatic rings. The first kappa shape index (κ1) is 21.5. The largest absolute Gasteiger partial charge is 0.653 e. The maximum absolute atomic E-state index is 12.2. The van der Waals surface area contributed by atoms with Crippen molar-refractivity contribution in [2.45, 2.75) is 58.3 Å². The van der Waals surface area contributed by atoms with Crippen molar-refractivity contribution in [3.63, 3.8) is 0 Å². The van der Waals surface area contributed by atoms with Gasteiger partial charge in [0.05, 0.1) is 37.6 Å². The topological polar surface area (TPSA) is 157 Å². The SMILES string of the molecule is C[C@H](O)CC(=O)OP(=O)(OC(=O)C[C@H](C)O)OC(=O)C[C@H](C)O. The van der Waals surface area contributed by atoms with Crippen LogP contribution in [0.4, 0.5) is 0 Å². The third-order valence-corrected chi connectivity index (χ3v) is 3.31. The van der Waals surface area contributed by atoms with Gasteiger partial charge in [0, 0.05) is 0 Å². The van der Waals surface area contributed by atoms with Crippen LogP contribution in [0.15, 0.2) is 0 Å². The van der Waals surface area contributed by atoms with E-state index >= 15 is 0 Å². The summed E-state index contributed by atoms with van der Waals surface area (Å²) in [6.45, 7) is 3.77. The Morgan fingerprint density at radius 3 is 1.13 bits per heavy atom. The number of phosphoric acid groups is 1. The molecule has 0 fully saturated rings. The minimum absolute atomic E-state index is 0.577. The Bertz CT molecular complexity index is 404. The molecular weight excluding hydrogens is 335 g/mol. The Morgan fingerprint density at radius 1 is 0.739 bits per heavy atom. The summed E-state index contributed by atoms with van der Waals surface area (Å²) in [6, 6.07) is 0. The van der Waals surface area contributed by atoms with Crippen molar-refractivity contribution in [2.75, 3.05) is 0 Å². The van der Waals surface area contributed by atoms with Gasteiger partial charge in [0.2, 0.25) is 0 Å². The van der Waals surface area contributed by atoms with Gasteiger partial charge in [-0.25, -0.2) is 0 Å². The highest BCUT2D eigenvalue weighted by Gasteiger charge is 2.39. The number of hydrogen-bond donors (Lipinski definition) is 3. The monoisotopic (exact) mass is 356 g/mol. The van der Waals surface area contributed by atoms with Gasteiger partial charge in [-0.15, -0.1) is 0 Å². The molecule has 0 bridgehead atoms. The molecule has 0 saturated carbocycles. The predicted molar refractivity (Wildman–Crippen MR) is 74.8 cm³/mol. The van der Waals surface area contributed by atoms with Crippen molar-refractivity contribution < 1.29 is 47.8 Å². The van der Waals surface area contributed by atoms with Gasteiger partial charge in [-0.1, -0.05) is 0 Å². The average Bonchev–Trinajstić information content (AvgIpc) is 2.22. The quantitative estimate of drug-likeness (QED) is 0.482. The van der Waals surface area contributed by atoms with Gasteiger partial charge in [0.25, 0.3) is 0 Å². The molecule has 23 heavy (non-hydrogen) atoms. The van der Waals surface area contributed by atoms with Gasteiger partial charge in [-0.2, -0.15) is 4.57 Å². The summed E-state index contributed by atoms with van der Waals surface area (Å²) >= 11 is 0. The van der Waals surface area contributed by atoms with Crippen LogP contribution in [-0.4, -0.2) is 51.5 Å². The molecule has 0 amide bonds. The van der Waals surface area contributed by atoms with Crippen LogP contribution in [0.1, 0.15) is 40.0 Å². The molecule has 0 unspecified atom stereocenters. The molecule has 3 N–H and O–H groups in total. The second-order valence-electron chi connectivity index (χ2n) is 5.00. The summed E-state index contributed by atoms with van der Waals surface area (Å²) in [4.78, 5) is 34.3. The van der Waals surface area contributed by atoms with Crippen LogP contribution in [-0.2, 0) is 32.5 Å².